The predicted octanol–water partition coefficient (Wildman–Crippen LogP) is 4.60. The maximum absolute atomic E-state index is 12.5. The van der Waals surface area contributed by atoms with Gasteiger partial charge >= 0.3 is 0 Å². The molecule has 4 rings (SSSR count). The van der Waals surface area contributed by atoms with Gasteiger partial charge in [-0.25, -0.2) is 5.43 Å². The van der Waals surface area contributed by atoms with Gasteiger partial charge in [0.05, 0.1) is 25.7 Å². The standard InChI is InChI=1S/C27H27N5O4S/c1-4-36-23-7-5-6-20(25(23)34)16-28-29-24(33)17-37-27-31-30-26(19-10-8-18(2)9-11-19)32(27)21-12-14-22(35-3)15-13-21/h5-16,34H,4,17H2,1-3H3,(H,29,33)/b28-16+. The van der Waals surface area contributed by atoms with E-state index in [-0.39, 0.29) is 17.4 Å². The number of aromatic hydroxyl groups is 1. The van der Waals surface area contributed by atoms with Crippen molar-refractivity contribution in [3.63, 3.8) is 0 Å². The molecule has 0 spiro atoms. The van der Waals surface area contributed by atoms with E-state index < -0.39 is 0 Å². The predicted molar refractivity (Wildman–Crippen MR) is 144 cm³/mol. The molecule has 37 heavy (non-hydrogen) atoms. The minimum Gasteiger partial charge on any atom is -0.504 e. The number of nitrogens with zero attached hydrogens (tertiary/aromatic N) is 4. The maximum Gasteiger partial charge on any atom is 0.250 e. The second-order valence-electron chi connectivity index (χ2n) is 7.91. The number of hydrogen-bond acceptors (Lipinski definition) is 8. The number of nitrogens with one attached hydrogen (secondary N) is 1. The normalized spacial score (nSPS) is 11.0. The van der Waals surface area contributed by atoms with Crippen LogP contribution in [-0.2, 0) is 4.79 Å². The molecule has 0 aliphatic rings. The van der Waals surface area contributed by atoms with Crippen molar-refractivity contribution in [2.45, 2.75) is 19.0 Å². The molecule has 4 aromatic rings. The van der Waals surface area contributed by atoms with Crippen LogP contribution in [-0.4, -0.2) is 51.5 Å². The van der Waals surface area contributed by atoms with Gasteiger partial charge < -0.3 is 14.6 Å². The summed E-state index contributed by atoms with van der Waals surface area (Å²) in [6.07, 6.45) is 1.37. The van der Waals surface area contributed by atoms with E-state index in [9.17, 15) is 9.90 Å². The van der Waals surface area contributed by atoms with E-state index in [0.717, 1.165) is 22.6 Å². The van der Waals surface area contributed by atoms with Crippen LogP contribution in [0.15, 0.2) is 77.0 Å². The van der Waals surface area contributed by atoms with E-state index in [0.29, 0.717) is 28.9 Å². The molecule has 2 N–H and O–H groups in total. The van der Waals surface area contributed by atoms with Gasteiger partial charge in [-0.2, -0.15) is 5.10 Å². The average molecular weight is 518 g/mol. The number of thioether (sulfide) groups is 1. The summed E-state index contributed by atoms with van der Waals surface area (Å²) >= 11 is 1.24. The fourth-order valence-corrected chi connectivity index (χ4v) is 4.21. The number of carbonyl (C=O) groups is 1. The number of aryl methyl sites for hydroxylation is 1. The molecule has 9 nitrogen and oxygen atoms in total. The van der Waals surface area contributed by atoms with Crippen LogP contribution in [0.25, 0.3) is 17.1 Å². The van der Waals surface area contributed by atoms with E-state index in [1.54, 1.807) is 25.3 Å². The van der Waals surface area contributed by atoms with Crippen molar-refractivity contribution in [3.8, 4) is 34.3 Å². The Morgan fingerprint density at radius 3 is 2.57 bits per heavy atom. The van der Waals surface area contributed by atoms with Gasteiger partial charge in [0.25, 0.3) is 5.91 Å². The highest BCUT2D eigenvalue weighted by molar-refractivity contribution is 7.99. The SMILES string of the molecule is CCOc1cccc(/C=N/NC(=O)CSc2nnc(-c3ccc(C)cc3)n2-c2ccc(OC)cc2)c1O. The monoisotopic (exact) mass is 517 g/mol. The van der Waals surface area contributed by atoms with Gasteiger partial charge in [0.15, 0.2) is 22.5 Å². The second kappa shape index (κ2) is 12.1. The molecule has 0 saturated heterocycles. The summed E-state index contributed by atoms with van der Waals surface area (Å²) in [6.45, 7) is 4.28. The fraction of sp³-hybridized carbons (Fsp3) is 0.185. The first-order valence-corrected chi connectivity index (χ1v) is 12.5. The molecule has 1 amide bonds. The number of phenolic OH excluding ortho intramolecular Hbond substituents is 1. The molecule has 0 radical (unpaired) electrons. The van der Waals surface area contributed by atoms with Crippen molar-refractivity contribution in [3.05, 3.63) is 77.9 Å². The van der Waals surface area contributed by atoms with Gasteiger partial charge in [-0.1, -0.05) is 47.7 Å². The zero-order valence-electron chi connectivity index (χ0n) is 20.7. The minimum atomic E-state index is -0.331. The number of phenols is 1. The smallest absolute Gasteiger partial charge is 0.250 e. The average Bonchev–Trinajstić information content (AvgIpc) is 3.34. The van der Waals surface area contributed by atoms with E-state index in [2.05, 4.69) is 20.7 Å². The highest BCUT2D eigenvalue weighted by Crippen LogP contribution is 2.30. The minimum absolute atomic E-state index is 0.0343. The number of aromatic nitrogens is 3. The summed E-state index contributed by atoms with van der Waals surface area (Å²) in [5.41, 5.74) is 5.80. The van der Waals surface area contributed by atoms with Gasteiger partial charge in [-0.15, -0.1) is 10.2 Å². The summed E-state index contributed by atoms with van der Waals surface area (Å²) in [5.74, 6) is 1.45. The first-order chi connectivity index (χ1) is 18.0. The summed E-state index contributed by atoms with van der Waals surface area (Å²) in [5, 5.41) is 23.5. The highest BCUT2D eigenvalue weighted by Gasteiger charge is 2.17. The summed E-state index contributed by atoms with van der Waals surface area (Å²) in [4.78, 5) is 12.5. The van der Waals surface area contributed by atoms with Crippen LogP contribution in [0, 0.1) is 6.92 Å². The van der Waals surface area contributed by atoms with Crippen molar-refractivity contribution in [2.75, 3.05) is 19.5 Å². The largest absolute Gasteiger partial charge is 0.504 e. The van der Waals surface area contributed by atoms with Gasteiger partial charge in [-0.05, 0) is 50.2 Å². The molecule has 3 aromatic carbocycles. The quantitative estimate of drug-likeness (QED) is 0.180. The van der Waals surface area contributed by atoms with Crippen LogP contribution in [0.3, 0.4) is 0 Å². The van der Waals surface area contributed by atoms with Crippen LogP contribution >= 0.6 is 11.8 Å². The Balaban J connectivity index is 1.50. The summed E-state index contributed by atoms with van der Waals surface area (Å²) < 4.78 is 12.6. The lowest BCUT2D eigenvalue weighted by molar-refractivity contribution is -0.118. The number of ether oxygens (including phenoxy) is 2. The summed E-state index contributed by atoms with van der Waals surface area (Å²) in [7, 11) is 1.62. The van der Waals surface area contributed by atoms with Gasteiger partial charge in [0.1, 0.15) is 5.75 Å². The van der Waals surface area contributed by atoms with Crippen LogP contribution in [0.4, 0.5) is 0 Å². The zero-order chi connectivity index (χ0) is 26.2. The first kappa shape index (κ1) is 25.8. The molecule has 0 saturated carbocycles. The van der Waals surface area contributed by atoms with Crippen LogP contribution < -0.4 is 14.9 Å². The van der Waals surface area contributed by atoms with Crippen molar-refractivity contribution in [1.29, 1.82) is 0 Å². The number of para-hydroxylation sites is 1. The number of amides is 1. The van der Waals surface area contributed by atoms with E-state index >= 15 is 0 Å². The number of methoxy groups -OCH3 is 1. The topological polar surface area (TPSA) is 111 Å². The molecule has 190 valence electrons. The highest BCUT2D eigenvalue weighted by atomic mass is 32.2. The van der Waals surface area contributed by atoms with Gasteiger partial charge in [0.2, 0.25) is 0 Å². The zero-order valence-corrected chi connectivity index (χ0v) is 21.5. The van der Waals surface area contributed by atoms with E-state index in [1.165, 1.54) is 18.0 Å². The third-order valence-electron chi connectivity index (χ3n) is 5.33. The molecule has 0 aliphatic heterocycles. The molecule has 1 heterocycles. The lowest BCUT2D eigenvalue weighted by atomic mass is 10.1. The lowest BCUT2D eigenvalue weighted by Crippen LogP contribution is -2.20. The van der Waals surface area contributed by atoms with E-state index in [4.69, 9.17) is 9.47 Å². The maximum atomic E-state index is 12.5. The number of benzene rings is 3. The molecular weight excluding hydrogens is 490 g/mol. The van der Waals surface area contributed by atoms with Crippen molar-refractivity contribution >= 4 is 23.9 Å². The second-order valence-corrected chi connectivity index (χ2v) is 8.86. The third kappa shape index (κ3) is 6.28. The Labute approximate surface area is 219 Å². The number of carbonyl (C=O) groups excluding carboxylic acids is 1. The lowest BCUT2D eigenvalue weighted by Gasteiger charge is -2.11. The third-order valence-corrected chi connectivity index (χ3v) is 6.26. The Bertz CT molecular complexity index is 1390. The fourth-order valence-electron chi connectivity index (χ4n) is 3.47. The number of hydrogen-bond donors (Lipinski definition) is 2. The van der Waals surface area contributed by atoms with Gasteiger partial charge in [-0.3, -0.25) is 9.36 Å². The van der Waals surface area contributed by atoms with Gasteiger partial charge in [0, 0.05) is 16.8 Å². The number of rotatable bonds is 10. The van der Waals surface area contributed by atoms with Crippen molar-refractivity contribution in [2.24, 2.45) is 5.10 Å². The van der Waals surface area contributed by atoms with Crippen molar-refractivity contribution < 1.29 is 19.4 Å². The Morgan fingerprint density at radius 2 is 1.86 bits per heavy atom. The van der Waals surface area contributed by atoms with E-state index in [1.807, 2.05) is 66.9 Å². The Kier molecular flexibility index (Phi) is 8.42. The molecule has 0 unspecified atom stereocenters. The molecule has 0 fully saturated rings. The molecule has 0 bridgehead atoms. The number of hydrazone groups is 1. The Hall–Kier alpha value is -4.31. The molecule has 0 atom stereocenters. The van der Waals surface area contributed by atoms with Crippen molar-refractivity contribution in [1.82, 2.24) is 20.2 Å². The van der Waals surface area contributed by atoms with Crippen LogP contribution in [0.5, 0.6) is 17.2 Å². The first-order valence-electron chi connectivity index (χ1n) is 11.6. The Morgan fingerprint density at radius 1 is 1.11 bits per heavy atom. The molecule has 0 aliphatic carbocycles. The molecule has 1 aromatic heterocycles. The summed E-state index contributed by atoms with van der Waals surface area (Å²) in [6, 6.07) is 20.6. The van der Waals surface area contributed by atoms with Crippen LogP contribution in [0.2, 0.25) is 0 Å². The van der Waals surface area contributed by atoms with Crippen LogP contribution in [0.1, 0.15) is 18.1 Å². The molecule has 10 heteroatoms. The molecular formula is C27H27N5O4S.